The number of hydrogen-bond acceptors (Lipinski definition) is 1. The largest absolute Gasteiger partial charge is 0.396 e. The molecule has 0 unspecified atom stereocenters. The lowest BCUT2D eigenvalue weighted by atomic mass is 9.99. The molecule has 0 aliphatic carbocycles. The first-order valence-corrected chi connectivity index (χ1v) is 1.97. The molecule has 0 aliphatic rings. The van der Waals surface area contributed by atoms with Crippen LogP contribution >= 0.6 is 0 Å². The lowest BCUT2D eigenvalue weighted by Crippen LogP contribution is -2.09. The van der Waals surface area contributed by atoms with Crippen LogP contribution in [0.4, 0.5) is 0 Å². The van der Waals surface area contributed by atoms with Crippen molar-refractivity contribution in [3.8, 4) is 0 Å². The third kappa shape index (κ3) is 3.96. The predicted molar refractivity (Wildman–Crippen MR) is 26.5 cm³/mol. The van der Waals surface area contributed by atoms with E-state index in [9.17, 15) is 0 Å². The van der Waals surface area contributed by atoms with Crippen molar-refractivity contribution in [2.45, 2.75) is 20.8 Å². The van der Waals surface area contributed by atoms with E-state index in [2.05, 4.69) is 0 Å². The quantitative estimate of drug-likeness (QED) is 0.471. The predicted octanol–water partition coefficient (Wildman–Crippen LogP) is 1.02. The Labute approximate surface area is 41.8 Å². The highest BCUT2D eigenvalue weighted by Gasteiger charge is 2.05. The summed E-state index contributed by atoms with van der Waals surface area (Å²) in [5, 5.41) is 8.69. The zero-order chi connectivity index (χ0) is 7.00. The van der Waals surface area contributed by atoms with Gasteiger partial charge in [0.1, 0.15) is 0 Å². The van der Waals surface area contributed by atoms with Crippen LogP contribution in [-0.2, 0) is 0 Å². The summed E-state index contributed by atoms with van der Waals surface area (Å²) < 4.78 is 13.6. The molecule has 0 saturated carbocycles. The van der Waals surface area contributed by atoms with Gasteiger partial charge in [-0.3, -0.25) is 0 Å². The molecule has 0 spiro atoms. The summed E-state index contributed by atoms with van der Waals surface area (Å²) in [6, 6.07) is 0. The molecule has 0 atom stereocenters. The Bertz CT molecular complexity index is 65.4. The average Bonchev–Trinajstić information content (AvgIpc) is 1.25. The summed E-state index contributed by atoms with van der Waals surface area (Å²) in [5.74, 6) is 0. The van der Waals surface area contributed by atoms with Crippen molar-refractivity contribution in [2.75, 3.05) is 6.56 Å². The van der Waals surface area contributed by atoms with Gasteiger partial charge in [-0.25, -0.2) is 0 Å². The molecule has 0 fully saturated rings. The second-order valence-corrected chi connectivity index (χ2v) is 2.36. The van der Waals surface area contributed by atoms with Crippen LogP contribution in [0.3, 0.4) is 0 Å². The van der Waals surface area contributed by atoms with Gasteiger partial charge in [0.15, 0.2) is 0 Å². The fraction of sp³-hybridized carbons (Fsp3) is 1.00. The molecular formula is C5H12O. The second-order valence-electron chi connectivity index (χ2n) is 2.36. The molecule has 0 aromatic rings. The maximum absolute atomic E-state index is 8.69. The normalized spacial score (nSPS) is 19.3. The SMILES string of the molecule is [2H]C([2H])(O)C(C)(C)C. The molecule has 0 amide bonds. The van der Waals surface area contributed by atoms with Gasteiger partial charge in [-0.2, -0.15) is 0 Å². The summed E-state index contributed by atoms with van der Waals surface area (Å²) in [6.45, 7) is 2.87. The number of rotatable bonds is 0. The van der Waals surface area contributed by atoms with Crippen molar-refractivity contribution < 1.29 is 7.85 Å². The van der Waals surface area contributed by atoms with Crippen molar-refractivity contribution in [1.82, 2.24) is 0 Å². The fourth-order valence-corrected chi connectivity index (χ4v) is 0. The minimum absolute atomic E-state index is 0.674. The topological polar surface area (TPSA) is 20.2 Å². The molecule has 0 bridgehead atoms. The maximum Gasteiger partial charge on any atom is 0.0569 e. The van der Waals surface area contributed by atoms with Crippen LogP contribution in [0.15, 0.2) is 0 Å². The lowest BCUT2D eigenvalue weighted by molar-refractivity contribution is 0.177. The monoisotopic (exact) mass is 90.1 g/mol. The average molecular weight is 90.2 g/mol. The fourth-order valence-electron chi connectivity index (χ4n) is 0. The number of aliphatic hydroxyl groups is 1. The smallest absolute Gasteiger partial charge is 0.0569 e. The summed E-state index contributed by atoms with van der Waals surface area (Å²) >= 11 is 0. The molecule has 0 aromatic heterocycles. The minimum atomic E-state index is -2.06. The van der Waals surface area contributed by atoms with E-state index in [0.29, 0.717) is 0 Å². The third-order valence-electron chi connectivity index (χ3n) is 0.335. The van der Waals surface area contributed by atoms with Crippen molar-refractivity contribution in [3.05, 3.63) is 0 Å². The van der Waals surface area contributed by atoms with E-state index in [1.807, 2.05) is 0 Å². The zero-order valence-corrected chi connectivity index (χ0v) is 4.45. The highest BCUT2D eigenvalue weighted by atomic mass is 16.3. The second kappa shape index (κ2) is 1.61. The van der Waals surface area contributed by atoms with Gasteiger partial charge >= 0.3 is 0 Å². The Morgan fingerprint density at radius 3 is 1.83 bits per heavy atom. The van der Waals surface area contributed by atoms with Crippen LogP contribution in [0.5, 0.6) is 0 Å². The van der Waals surface area contributed by atoms with Gasteiger partial charge in [0.25, 0.3) is 0 Å². The van der Waals surface area contributed by atoms with Crippen LogP contribution < -0.4 is 0 Å². The molecule has 38 valence electrons. The molecule has 0 aliphatic heterocycles. The standard InChI is InChI=1S/C5H12O/c1-5(2,3)4-6/h6H,4H2,1-3H3/i4D2. The first kappa shape index (κ1) is 3.03. The first-order valence-electron chi connectivity index (χ1n) is 2.97. The van der Waals surface area contributed by atoms with E-state index in [0.717, 1.165) is 0 Å². The van der Waals surface area contributed by atoms with E-state index in [1.165, 1.54) is 0 Å². The van der Waals surface area contributed by atoms with Gasteiger partial charge in [0.05, 0.1) is 2.74 Å². The summed E-state index contributed by atoms with van der Waals surface area (Å²) in [5.41, 5.74) is -0.674. The van der Waals surface area contributed by atoms with Crippen LogP contribution in [0.25, 0.3) is 0 Å². The molecule has 0 aromatic carbocycles. The van der Waals surface area contributed by atoms with Gasteiger partial charge in [0.2, 0.25) is 0 Å². The molecule has 1 N–H and O–H groups in total. The van der Waals surface area contributed by atoms with Crippen LogP contribution in [0.2, 0.25) is 0 Å². The van der Waals surface area contributed by atoms with Crippen molar-refractivity contribution in [3.63, 3.8) is 0 Å². The summed E-state index contributed by atoms with van der Waals surface area (Å²) in [6.07, 6.45) is 0. The van der Waals surface area contributed by atoms with Gasteiger partial charge in [-0.05, 0) is 5.41 Å². The van der Waals surface area contributed by atoms with E-state index in [1.54, 1.807) is 20.8 Å². The molecule has 0 saturated heterocycles. The minimum Gasteiger partial charge on any atom is -0.396 e. The Kier molecular flexibility index (Phi) is 0.810. The molecule has 1 nitrogen and oxygen atoms in total. The molecule has 0 heterocycles. The van der Waals surface area contributed by atoms with Crippen molar-refractivity contribution in [1.29, 1.82) is 0 Å². The zero-order valence-electron chi connectivity index (χ0n) is 6.45. The third-order valence-corrected chi connectivity index (χ3v) is 0.335. The van der Waals surface area contributed by atoms with Gasteiger partial charge < -0.3 is 5.11 Å². The molecule has 0 rings (SSSR count). The number of hydrogen-bond donors (Lipinski definition) is 1. The van der Waals surface area contributed by atoms with Gasteiger partial charge in [-0.1, -0.05) is 20.8 Å². The highest BCUT2D eigenvalue weighted by molar-refractivity contribution is 4.55. The van der Waals surface area contributed by atoms with Crippen molar-refractivity contribution >= 4 is 0 Å². The van der Waals surface area contributed by atoms with Gasteiger partial charge in [0, 0.05) is 6.56 Å². The Morgan fingerprint density at radius 2 is 1.83 bits per heavy atom. The summed E-state index contributed by atoms with van der Waals surface area (Å²) in [4.78, 5) is 0. The van der Waals surface area contributed by atoms with Crippen LogP contribution in [-0.4, -0.2) is 11.7 Å². The van der Waals surface area contributed by atoms with Crippen LogP contribution in [0, 0.1) is 5.41 Å². The maximum atomic E-state index is 8.69. The summed E-state index contributed by atoms with van der Waals surface area (Å²) in [7, 11) is 0. The Morgan fingerprint density at radius 1 is 1.67 bits per heavy atom. The molecule has 1 heteroatoms. The Hall–Kier alpha value is -0.0400. The van der Waals surface area contributed by atoms with E-state index < -0.39 is 12.0 Å². The Balaban J connectivity index is 4.02. The lowest BCUT2D eigenvalue weighted by Gasteiger charge is -2.11. The molecule has 0 radical (unpaired) electrons. The van der Waals surface area contributed by atoms with Crippen LogP contribution in [0.1, 0.15) is 23.5 Å². The van der Waals surface area contributed by atoms with Crippen molar-refractivity contribution in [2.24, 2.45) is 5.41 Å². The molecule has 6 heavy (non-hydrogen) atoms. The first-order chi connectivity index (χ1) is 3.25. The highest BCUT2D eigenvalue weighted by Crippen LogP contribution is 2.09. The van der Waals surface area contributed by atoms with E-state index in [-0.39, 0.29) is 0 Å². The van der Waals surface area contributed by atoms with Gasteiger partial charge in [-0.15, -0.1) is 0 Å². The van der Waals surface area contributed by atoms with E-state index in [4.69, 9.17) is 7.85 Å². The van der Waals surface area contributed by atoms with E-state index >= 15 is 0 Å². The molecular weight excluding hydrogens is 76.1 g/mol.